The summed E-state index contributed by atoms with van der Waals surface area (Å²) in [5, 5.41) is 18.4. The smallest absolute Gasteiger partial charge is 0.0468 e. The first-order valence-electron chi connectivity index (χ1n) is 7.59. The van der Waals surface area contributed by atoms with Crippen molar-refractivity contribution in [3.63, 3.8) is 0 Å². The Morgan fingerprint density at radius 1 is 0.944 bits per heavy atom. The molecule has 3 nitrogen and oxygen atoms in total. The van der Waals surface area contributed by atoms with Crippen LogP contribution in [0.25, 0.3) is 0 Å². The van der Waals surface area contributed by atoms with Crippen molar-refractivity contribution < 1.29 is 10.2 Å². The van der Waals surface area contributed by atoms with Gasteiger partial charge in [0, 0.05) is 32.8 Å². The van der Waals surface area contributed by atoms with E-state index in [-0.39, 0.29) is 13.2 Å². The van der Waals surface area contributed by atoms with Crippen molar-refractivity contribution in [3.8, 4) is 0 Å². The third-order valence-electron chi connectivity index (χ3n) is 4.00. The summed E-state index contributed by atoms with van der Waals surface area (Å²) in [4.78, 5) is 2.46. The minimum atomic E-state index is 0.259. The largest absolute Gasteiger partial charge is 0.396 e. The quantitative estimate of drug-likeness (QED) is 0.700. The van der Waals surface area contributed by atoms with Crippen LogP contribution in [0.5, 0.6) is 0 Å². The second kappa shape index (κ2) is 8.89. The van der Waals surface area contributed by atoms with Crippen LogP contribution in [0.3, 0.4) is 0 Å². The van der Waals surface area contributed by atoms with E-state index in [0.29, 0.717) is 11.8 Å². The molecular formula is C15H31NO2. The van der Waals surface area contributed by atoms with Crippen molar-refractivity contribution in [2.75, 3.05) is 32.8 Å². The molecule has 2 atom stereocenters. The molecular weight excluding hydrogens is 226 g/mol. The zero-order chi connectivity index (χ0) is 13.4. The average molecular weight is 257 g/mol. The Hall–Kier alpha value is -0.120. The van der Waals surface area contributed by atoms with Crippen LogP contribution < -0.4 is 0 Å². The van der Waals surface area contributed by atoms with E-state index in [9.17, 15) is 10.2 Å². The van der Waals surface area contributed by atoms with Gasteiger partial charge in [0.15, 0.2) is 0 Å². The summed E-state index contributed by atoms with van der Waals surface area (Å²) in [6.07, 6.45) is 6.87. The minimum Gasteiger partial charge on any atom is -0.396 e. The van der Waals surface area contributed by atoms with E-state index < -0.39 is 0 Å². The lowest BCUT2D eigenvalue weighted by Crippen LogP contribution is -2.38. The highest BCUT2D eigenvalue weighted by Gasteiger charge is 2.19. The Bertz CT molecular complexity index is 193. The van der Waals surface area contributed by atoms with E-state index in [1.165, 1.54) is 32.1 Å². The molecule has 0 aromatic carbocycles. The fourth-order valence-corrected chi connectivity index (χ4v) is 2.96. The van der Waals surface area contributed by atoms with Gasteiger partial charge in [-0.2, -0.15) is 0 Å². The van der Waals surface area contributed by atoms with Crippen molar-refractivity contribution in [1.82, 2.24) is 4.90 Å². The molecule has 108 valence electrons. The van der Waals surface area contributed by atoms with Crippen molar-refractivity contribution >= 4 is 0 Å². The topological polar surface area (TPSA) is 43.7 Å². The third kappa shape index (κ3) is 6.17. The second-order valence-corrected chi connectivity index (χ2v) is 6.30. The molecule has 18 heavy (non-hydrogen) atoms. The van der Waals surface area contributed by atoms with E-state index in [2.05, 4.69) is 18.7 Å². The Morgan fingerprint density at radius 3 is 1.89 bits per heavy atom. The molecule has 0 heterocycles. The standard InChI is InChI=1S/C15H31NO2/c1-13(11-17)8-16(9-14(2)12-18)10-15-6-4-3-5-7-15/h13-15,17-18H,3-12H2,1-2H3. The summed E-state index contributed by atoms with van der Waals surface area (Å²) in [6.45, 7) is 7.77. The van der Waals surface area contributed by atoms with Gasteiger partial charge < -0.3 is 15.1 Å². The maximum absolute atomic E-state index is 9.20. The molecule has 1 fully saturated rings. The van der Waals surface area contributed by atoms with Crippen molar-refractivity contribution in [2.24, 2.45) is 17.8 Å². The number of nitrogens with zero attached hydrogens (tertiary/aromatic N) is 1. The normalized spacial score (nSPS) is 21.2. The van der Waals surface area contributed by atoms with Crippen molar-refractivity contribution in [3.05, 3.63) is 0 Å². The van der Waals surface area contributed by atoms with E-state index in [4.69, 9.17) is 0 Å². The highest BCUT2D eigenvalue weighted by molar-refractivity contribution is 4.73. The number of rotatable bonds is 8. The van der Waals surface area contributed by atoms with Gasteiger partial charge in [-0.25, -0.2) is 0 Å². The van der Waals surface area contributed by atoms with E-state index in [0.717, 1.165) is 25.6 Å². The van der Waals surface area contributed by atoms with Gasteiger partial charge in [0.05, 0.1) is 0 Å². The molecule has 0 aliphatic heterocycles. The molecule has 1 aliphatic carbocycles. The lowest BCUT2D eigenvalue weighted by Gasteiger charge is -2.32. The fourth-order valence-electron chi connectivity index (χ4n) is 2.96. The van der Waals surface area contributed by atoms with Crippen molar-refractivity contribution in [2.45, 2.75) is 46.0 Å². The van der Waals surface area contributed by atoms with Gasteiger partial charge in [-0.05, 0) is 30.6 Å². The monoisotopic (exact) mass is 257 g/mol. The number of aliphatic hydroxyl groups is 2. The number of aliphatic hydroxyl groups excluding tert-OH is 2. The van der Waals surface area contributed by atoms with Gasteiger partial charge in [-0.1, -0.05) is 33.1 Å². The first-order valence-corrected chi connectivity index (χ1v) is 7.59. The summed E-state index contributed by atoms with van der Waals surface area (Å²) in [5.41, 5.74) is 0. The van der Waals surface area contributed by atoms with Crippen LogP contribution in [0, 0.1) is 17.8 Å². The molecule has 0 radical (unpaired) electrons. The van der Waals surface area contributed by atoms with E-state index in [1.807, 2.05) is 0 Å². The van der Waals surface area contributed by atoms with Gasteiger partial charge in [0.25, 0.3) is 0 Å². The lowest BCUT2D eigenvalue weighted by molar-refractivity contribution is 0.116. The van der Waals surface area contributed by atoms with Gasteiger partial charge in [-0.15, -0.1) is 0 Å². The first kappa shape index (κ1) is 15.9. The molecule has 0 spiro atoms. The zero-order valence-corrected chi connectivity index (χ0v) is 12.1. The molecule has 1 saturated carbocycles. The molecule has 3 heteroatoms. The van der Waals surface area contributed by atoms with Crippen LogP contribution in [-0.2, 0) is 0 Å². The number of hydrogen-bond acceptors (Lipinski definition) is 3. The van der Waals surface area contributed by atoms with Crippen LogP contribution in [0.1, 0.15) is 46.0 Å². The Labute approximate surface area is 112 Å². The van der Waals surface area contributed by atoms with E-state index >= 15 is 0 Å². The highest BCUT2D eigenvalue weighted by atomic mass is 16.3. The zero-order valence-electron chi connectivity index (χ0n) is 12.1. The summed E-state index contributed by atoms with van der Waals surface area (Å²) in [5.74, 6) is 1.49. The van der Waals surface area contributed by atoms with Crippen LogP contribution in [0.15, 0.2) is 0 Å². The molecule has 0 aromatic rings. The minimum absolute atomic E-state index is 0.259. The fraction of sp³-hybridized carbons (Fsp3) is 1.00. The Kier molecular flexibility index (Phi) is 7.87. The summed E-state index contributed by atoms with van der Waals surface area (Å²) < 4.78 is 0. The molecule has 1 aliphatic rings. The molecule has 0 aromatic heterocycles. The lowest BCUT2D eigenvalue weighted by atomic mass is 9.88. The Morgan fingerprint density at radius 2 is 1.44 bits per heavy atom. The summed E-state index contributed by atoms with van der Waals surface area (Å²) in [7, 11) is 0. The third-order valence-corrected chi connectivity index (χ3v) is 4.00. The maximum atomic E-state index is 9.20. The average Bonchev–Trinajstić information content (AvgIpc) is 2.39. The molecule has 2 N–H and O–H groups in total. The predicted molar refractivity (Wildman–Crippen MR) is 75.5 cm³/mol. The first-order chi connectivity index (χ1) is 8.65. The summed E-state index contributed by atoms with van der Waals surface area (Å²) in [6, 6.07) is 0. The maximum Gasteiger partial charge on any atom is 0.0468 e. The SMILES string of the molecule is CC(CO)CN(CC(C)CO)CC1CCCCC1. The van der Waals surface area contributed by atoms with Crippen LogP contribution >= 0.6 is 0 Å². The molecule has 2 unspecified atom stereocenters. The van der Waals surface area contributed by atoms with Crippen molar-refractivity contribution in [1.29, 1.82) is 0 Å². The predicted octanol–water partition coefficient (Wildman–Crippen LogP) is 2.13. The van der Waals surface area contributed by atoms with E-state index in [1.54, 1.807) is 0 Å². The summed E-state index contributed by atoms with van der Waals surface area (Å²) >= 11 is 0. The van der Waals surface area contributed by atoms with Crippen LogP contribution in [0.2, 0.25) is 0 Å². The molecule has 0 bridgehead atoms. The van der Waals surface area contributed by atoms with Gasteiger partial charge >= 0.3 is 0 Å². The van der Waals surface area contributed by atoms with Gasteiger partial charge in [-0.3, -0.25) is 0 Å². The van der Waals surface area contributed by atoms with Crippen LogP contribution in [0.4, 0.5) is 0 Å². The van der Waals surface area contributed by atoms with Crippen LogP contribution in [-0.4, -0.2) is 48.0 Å². The highest BCUT2D eigenvalue weighted by Crippen LogP contribution is 2.25. The molecule has 0 amide bonds. The Balaban J connectivity index is 2.41. The molecule has 0 saturated heterocycles. The number of hydrogen-bond donors (Lipinski definition) is 2. The van der Waals surface area contributed by atoms with Gasteiger partial charge in [0.2, 0.25) is 0 Å². The van der Waals surface area contributed by atoms with Gasteiger partial charge in [0.1, 0.15) is 0 Å². The molecule has 1 rings (SSSR count). The second-order valence-electron chi connectivity index (χ2n) is 6.30.